The molecule has 162 valence electrons. The number of carboxylic acids is 1. The summed E-state index contributed by atoms with van der Waals surface area (Å²) in [7, 11) is 0. The fourth-order valence-electron chi connectivity index (χ4n) is 2.69. The van der Waals surface area contributed by atoms with Gasteiger partial charge in [-0.05, 0) is 49.7 Å². The van der Waals surface area contributed by atoms with Crippen LogP contribution in [-0.4, -0.2) is 23.6 Å². The summed E-state index contributed by atoms with van der Waals surface area (Å²) in [6.45, 7) is 1.72. The Bertz CT molecular complexity index is 965. The highest BCUT2D eigenvalue weighted by atomic mass is 19.4. The van der Waals surface area contributed by atoms with Gasteiger partial charge in [-0.3, -0.25) is 4.79 Å². The highest BCUT2D eigenvalue weighted by Crippen LogP contribution is 2.48. The maximum absolute atomic E-state index is 13.5. The molecule has 0 bridgehead atoms. The smallest absolute Gasteiger partial charge is 0.420 e. The molecule has 5 nitrogen and oxygen atoms in total. The van der Waals surface area contributed by atoms with Gasteiger partial charge in [-0.2, -0.15) is 26.3 Å². The lowest BCUT2D eigenvalue weighted by atomic mass is 9.99. The maximum atomic E-state index is 13.5. The van der Waals surface area contributed by atoms with Crippen LogP contribution in [0.15, 0.2) is 30.3 Å². The molecule has 1 amide bonds. The van der Waals surface area contributed by atoms with Gasteiger partial charge in [0.25, 0.3) is 5.91 Å². The molecule has 0 aromatic heterocycles. The molecule has 2 aromatic rings. The lowest BCUT2D eigenvalue weighted by Crippen LogP contribution is -2.20. The molecule has 11 heteroatoms. The second-order valence-electron chi connectivity index (χ2n) is 6.07. The molecule has 2 rings (SSSR count). The number of halogens is 6. The number of nitrogens with one attached hydrogen (secondary N) is 1. The van der Waals surface area contributed by atoms with Gasteiger partial charge in [0, 0.05) is 11.3 Å². The molecule has 2 N–H and O–H groups in total. The highest BCUT2D eigenvalue weighted by molar-refractivity contribution is 6.05. The van der Waals surface area contributed by atoms with Crippen molar-refractivity contribution in [1.82, 2.24) is 0 Å². The number of alkyl halides is 6. The van der Waals surface area contributed by atoms with E-state index in [1.807, 2.05) is 5.32 Å². The summed E-state index contributed by atoms with van der Waals surface area (Å²) in [6, 6.07) is 4.68. The van der Waals surface area contributed by atoms with Gasteiger partial charge in [0.15, 0.2) is 0 Å². The molecule has 0 saturated heterocycles. The van der Waals surface area contributed by atoms with E-state index in [1.54, 1.807) is 0 Å². The second-order valence-corrected chi connectivity index (χ2v) is 6.07. The van der Waals surface area contributed by atoms with E-state index < -0.39 is 59.0 Å². The Hall–Kier alpha value is -3.24. The minimum Gasteiger partial charge on any atom is -0.493 e. The number of ether oxygens (including phenoxy) is 1. The Labute approximate surface area is 166 Å². The highest BCUT2D eigenvalue weighted by Gasteiger charge is 2.44. The first kappa shape index (κ1) is 23.0. The Morgan fingerprint density at radius 1 is 1.00 bits per heavy atom. The van der Waals surface area contributed by atoms with Gasteiger partial charge < -0.3 is 15.2 Å². The third-order valence-corrected chi connectivity index (χ3v) is 4.06. The number of anilines is 1. The van der Waals surface area contributed by atoms with Crippen LogP contribution in [0, 0.1) is 6.92 Å². The van der Waals surface area contributed by atoms with Crippen LogP contribution in [0.25, 0.3) is 0 Å². The molecule has 0 fully saturated rings. The number of rotatable bonds is 5. The third-order valence-electron chi connectivity index (χ3n) is 4.06. The molecule has 0 spiro atoms. The predicted octanol–water partition coefficient (Wildman–Crippen LogP) is 5.38. The molecule has 0 radical (unpaired) electrons. The SMILES string of the molecule is CCOc1c(C(F)(F)F)cc(NC(=O)c2ccc(C(=O)O)cc2)c(C)c1C(F)(F)F. The Balaban J connectivity index is 2.59. The Morgan fingerprint density at radius 2 is 1.53 bits per heavy atom. The number of hydrogen-bond acceptors (Lipinski definition) is 3. The van der Waals surface area contributed by atoms with Crippen LogP contribution < -0.4 is 10.1 Å². The number of carbonyl (C=O) groups excluding carboxylic acids is 1. The van der Waals surface area contributed by atoms with Gasteiger partial charge >= 0.3 is 18.3 Å². The average Bonchev–Trinajstić information content (AvgIpc) is 2.62. The molecule has 0 heterocycles. The van der Waals surface area contributed by atoms with Crippen LogP contribution in [0.2, 0.25) is 0 Å². The first-order chi connectivity index (χ1) is 13.8. The molecule has 0 unspecified atom stereocenters. The van der Waals surface area contributed by atoms with Crippen molar-refractivity contribution in [3.8, 4) is 5.75 Å². The molecule has 0 aliphatic rings. The van der Waals surface area contributed by atoms with E-state index in [0.717, 1.165) is 31.2 Å². The lowest BCUT2D eigenvalue weighted by molar-refractivity contribution is -0.145. The van der Waals surface area contributed by atoms with E-state index in [2.05, 4.69) is 4.74 Å². The molecule has 0 atom stereocenters. The Morgan fingerprint density at radius 3 is 1.97 bits per heavy atom. The van der Waals surface area contributed by atoms with Gasteiger partial charge in [0.2, 0.25) is 0 Å². The second kappa shape index (κ2) is 8.25. The van der Waals surface area contributed by atoms with E-state index >= 15 is 0 Å². The standard InChI is InChI=1S/C19H15F6NO4/c1-3-30-15-12(18(20,21)22)8-13(9(2)14(15)19(23,24)25)26-16(27)10-4-6-11(7-5-10)17(28)29/h4-8H,3H2,1-2H3,(H,26,27)(H,28,29). The number of benzene rings is 2. The van der Waals surface area contributed by atoms with Crippen molar-refractivity contribution in [1.29, 1.82) is 0 Å². The monoisotopic (exact) mass is 435 g/mol. The zero-order valence-electron chi connectivity index (χ0n) is 15.5. The predicted molar refractivity (Wildman–Crippen MR) is 93.7 cm³/mol. The zero-order chi connectivity index (χ0) is 22.9. The van der Waals surface area contributed by atoms with Crippen LogP contribution in [0.1, 0.15) is 44.3 Å². The summed E-state index contributed by atoms with van der Waals surface area (Å²) in [5.41, 5.74) is -4.99. The van der Waals surface area contributed by atoms with E-state index in [1.165, 1.54) is 6.92 Å². The Kier molecular flexibility index (Phi) is 6.33. The molecule has 0 saturated carbocycles. The number of amides is 1. The van der Waals surface area contributed by atoms with Crippen molar-refractivity contribution in [3.05, 3.63) is 58.1 Å². The van der Waals surface area contributed by atoms with Crippen molar-refractivity contribution in [2.24, 2.45) is 0 Å². The molecule has 0 aliphatic heterocycles. The van der Waals surface area contributed by atoms with Crippen molar-refractivity contribution in [2.45, 2.75) is 26.2 Å². The molecule has 2 aromatic carbocycles. The van der Waals surface area contributed by atoms with Gasteiger partial charge in [-0.25, -0.2) is 4.79 Å². The molecular weight excluding hydrogens is 420 g/mol. The quantitative estimate of drug-likeness (QED) is 0.619. The summed E-state index contributed by atoms with van der Waals surface area (Å²) in [6.07, 6.45) is -10.4. The minimum atomic E-state index is -5.18. The first-order valence-electron chi connectivity index (χ1n) is 8.36. The van der Waals surface area contributed by atoms with Crippen molar-refractivity contribution < 1.29 is 45.8 Å². The van der Waals surface area contributed by atoms with E-state index in [-0.39, 0.29) is 11.1 Å². The summed E-state index contributed by atoms with van der Waals surface area (Å²) in [4.78, 5) is 23.2. The van der Waals surface area contributed by atoms with Crippen LogP contribution in [-0.2, 0) is 12.4 Å². The summed E-state index contributed by atoms with van der Waals surface area (Å²) < 4.78 is 85.6. The van der Waals surface area contributed by atoms with Crippen LogP contribution in [0.5, 0.6) is 5.75 Å². The summed E-state index contributed by atoms with van der Waals surface area (Å²) >= 11 is 0. The fourth-order valence-corrected chi connectivity index (χ4v) is 2.69. The third kappa shape index (κ3) is 4.84. The van der Waals surface area contributed by atoms with E-state index in [0.29, 0.717) is 6.07 Å². The minimum absolute atomic E-state index is 0.150. The van der Waals surface area contributed by atoms with Crippen molar-refractivity contribution in [3.63, 3.8) is 0 Å². The number of aromatic carboxylic acids is 1. The largest absolute Gasteiger partial charge is 0.493 e. The van der Waals surface area contributed by atoms with Gasteiger partial charge in [-0.1, -0.05) is 0 Å². The van der Waals surface area contributed by atoms with Gasteiger partial charge in [0.05, 0.1) is 12.2 Å². The topological polar surface area (TPSA) is 75.6 Å². The molecule has 30 heavy (non-hydrogen) atoms. The van der Waals surface area contributed by atoms with Crippen LogP contribution in [0.4, 0.5) is 32.0 Å². The van der Waals surface area contributed by atoms with Crippen molar-refractivity contribution >= 4 is 17.6 Å². The van der Waals surface area contributed by atoms with E-state index in [9.17, 15) is 35.9 Å². The van der Waals surface area contributed by atoms with Crippen molar-refractivity contribution in [2.75, 3.05) is 11.9 Å². The maximum Gasteiger partial charge on any atom is 0.420 e. The zero-order valence-corrected chi connectivity index (χ0v) is 15.5. The summed E-state index contributed by atoms with van der Waals surface area (Å²) in [5.74, 6) is -3.65. The summed E-state index contributed by atoms with van der Waals surface area (Å²) in [5, 5.41) is 10.9. The number of carboxylic acid groups (broad SMARTS) is 1. The average molecular weight is 435 g/mol. The molecular formula is C19H15F6NO4. The number of carbonyl (C=O) groups is 2. The lowest BCUT2D eigenvalue weighted by Gasteiger charge is -2.23. The van der Waals surface area contributed by atoms with Gasteiger partial charge in [0.1, 0.15) is 16.9 Å². The van der Waals surface area contributed by atoms with E-state index in [4.69, 9.17) is 5.11 Å². The first-order valence-corrected chi connectivity index (χ1v) is 8.36. The number of hydrogen-bond donors (Lipinski definition) is 2. The fraction of sp³-hybridized carbons (Fsp3) is 0.263. The van der Waals surface area contributed by atoms with Crippen LogP contribution >= 0.6 is 0 Å². The molecule has 0 aliphatic carbocycles. The van der Waals surface area contributed by atoms with Gasteiger partial charge in [-0.15, -0.1) is 0 Å². The van der Waals surface area contributed by atoms with Crippen LogP contribution in [0.3, 0.4) is 0 Å². The normalized spacial score (nSPS) is 11.9.